The Balaban J connectivity index is 1.63. The molecule has 2 fully saturated rings. The summed E-state index contributed by atoms with van der Waals surface area (Å²) >= 11 is 0. The third-order valence-electron chi connectivity index (χ3n) is 5.95. The number of amides is 2. The molecule has 2 N–H and O–H groups in total. The number of nitrogens with two attached hydrogens (primary N) is 1. The van der Waals surface area contributed by atoms with Crippen LogP contribution in [0.1, 0.15) is 62.4 Å². The lowest BCUT2D eigenvalue weighted by molar-refractivity contribution is 0.0205. The van der Waals surface area contributed by atoms with Gasteiger partial charge in [0.2, 0.25) is 0 Å². The fourth-order valence-electron chi connectivity index (χ4n) is 4.21. The molecule has 2 saturated heterocycles. The Bertz CT molecular complexity index is 758. The van der Waals surface area contributed by atoms with Gasteiger partial charge in [0.15, 0.2) is 0 Å². The van der Waals surface area contributed by atoms with E-state index >= 15 is 0 Å². The van der Waals surface area contributed by atoms with Crippen molar-refractivity contribution in [2.75, 3.05) is 51.5 Å². The van der Waals surface area contributed by atoms with Crippen molar-refractivity contribution in [2.24, 2.45) is 0 Å². The molecule has 7 heteroatoms. The van der Waals surface area contributed by atoms with Gasteiger partial charge in [0.05, 0.1) is 0 Å². The first-order chi connectivity index (χ1) is 14.2. The highest BCUT2D eigenvalue weighted by Gasteiger charge is 2.28. The Kier molecular flexibility index (Phi) is 6.91. The van der Waals surface area contributed by atoms with Crippen molar-refractivity contribution in [1.82, 2.24) is 14.7 Å². The van der Waals surface area contributed by atoms with Gasteiger partial charge in [-0.2, -0.15) is 0 Å². The van der Waals surface area contributed by atoms with Gasteiger partial charge < -0.3 is 25.2 Å². The number of anilines is 1. The SMILES string of the molecule is CCN1CCN(C(=O)c2cc(N)cc(C3CCN(C(=O)OC(C)(C)C)CC3)c2)CC1. The summed E-state index contributed by atoms with van der Waals surface area (Å²) in [6.07, 6.45) is 1.42. The first kappa shape index (κ1) is 22.4. The van der Waals surface area contributed by atoms with Gasteiger partial charge in [-0.05, 0) is 69.8 Å². The van der Waals surface area contributed by atoms with E-state index in [4.69, 9.17) is 10.5 Å². The second-order valence-electron chi connectivity index (χ2n) is 9.36. The number of likely N-dealkylation sites (N-methyl/N-ethyl adjacent to an activating group) is 1. The summed E-state index contributed by atoms with van der Waals surface area (Å²) in [6, 6.07) is 5.76. The quantitative estimate of drug-likeness (QED) is 0.766. The molecule has 2 aliphatic rings. The number of hydrogen-bond acceptors (Lipinski definition) is 5. The van der Waals surface area contributed by atoms with Gasteiger partial charge in [0.25, 0.3) is 5.91 Å². The molecule has 166 valence electrons. The van der Waals surface area contributed by atoms with E-state index in [1.807, 2.05) is 37.8 Å². The van der Waals surface area contributed by atoms with Crippen LogP contribution in [0.25, 0.3) is 0 Å². The van der Waals surface area contributed by atoms with Gasteiger partial charge in [0.1, 0.15) is 5.60 Å². The number of ether oxygens (including phenoxy) is 1. The van der Waals surface area contributed by atoms with E-state index in [9.17, 15) is 9.59 Å². The molecule has 0 radical (unpaired) electrons. The summed E-state index contributed by atoms with van der Waals surface area (Å²) in [5, 5.41) is 0. The summed E-state index contributed by atoms with van der Waals surface area (Å²) in [5.74, 6) is 0.348. The molecule has 0 atom stereocenters. The molecule has 2 amide bonds. The number of carbonyl (C=O) groups is 2. The maximum Gasteiger partial charge on any atom is 0.410 e. The van der Waals surface area contributed by atoms with E-state index in [1.165, 1.54) is 0 Å². The third kappa shape index (κ3) is 5.65. The predicted octanol–water partition coefficient (Wildman–Crippen LogP) is 3.16. The Morgan fingerprint density at radius 2 is 1.63 bits per heavy atom. The van der Waals surface area contributed by atoms with Crippen LogP contribution in [0.2, 0.25) is 0 Å². The summed E-state index contributed by atoms with van der Waals surface area (Å²) in [4.78, 5) is 31.4. The first-order valence-corrected chi connectivity index (χ1v) is 11.1. The molecule has 2 heterocycles. The molecular formula is C23H36N4O3. The molecular weight excluding hydrogens is 380 g/mol. The van der Waals surface area contributed by atoms with Crippen LogP contribution in [0.3, 0.4) is 0 Å². The number of nitrogens with zero attached hydrogens (tertiary/aromatic N) is 3. The maximum atomic E-state index is 13.0. The van der Waals surface area contributed by atoms with Crippen molar-refractivity contribution in [1.29, 1.82) is 0 Å². The van der Waals surface area contributed by atoms with Crippen molar-refractivity contribution >= 4 is 17.7 Å². The number of carbonyl (C=O) groups excluding carboxylic acids is 2. The van der Waals surface area contributed by atoms with Crippen LogP contribution in [0.4, 0.5) is 10.5 Å². The molecule has 3 rings (SSSR count). The minimum absolute atomic E-state index is 0.0606. The zero-order valence-electron chi connectivity index (χ0n) is 18.8. The molecule has 0 saturated carbocycles. The van der Waals surface area contributed by atoms with E-state index in [1.54, 1.807) is 11.0 Å². The molecule has 2 aliphatic heterocycles. The first-order valence-electron chi connectivity index (χ1n) is 11.1. The molecule has 0 aromatic heterocycles. The smallest absolute Gasteiger partial charge is 0.410 e. The summed E-state index contributed by atoms with van der Waals surface area (Å²) in [5.41, 5.74) is 8.06. The predicted molar refractivity (Wildman–Crippen MR) is 119 cm³/mol. The molecule has 1 aromatic rings. The van der Waals surface area contributed by atoms with E-state index in [2.05, 4.69) is 11.8 Å². The second kappa shape index (κ2) is 9.25. The Morgan fingerprint density at radius 3 is 2.20 bits per heavy atom. The number of piperidine rings is 1. The monoisotopic (exact) mass is 416 g/mol. The highest BCUT2D eigenvalue weighted by atomic mass is 16.6. The standard InChI is InChI=1S/C23H36N4O3/c1-5-25-10-12-26(13-11-25)21(28)19-14-18(15-20(24)16-19)17-6-8-27(9-7-17)22(29)30-23(2,3)4/h14-17H,5-13,24H2,1-4H3. The molecule has 1 aromatic carbocycles. The van der Waals surface area contributed by atoms with Gasteiger partial charge >= 0.3 is 6.09 Å². The van der Waals surface area contributed by atoms with Gasteiger partial charge in [-0.25, -0.2) is 4.79 Å². The maximum absolute atomic E-state index is 13.0. The van der Waals surface area contributed by atoms with E-state index < -0.39 is 5.60 Å². The van der Waals surface area contributed by atoms with E-state index in [0.717, 1.165) is 51.1 Å². The van der Waals surface area contributed by atoms with Crippen LogP contribution in [0.15, 0.2) is 18.2 Å². The number of nitrogen functional groups attached to an aromatic ring is 1. The van der Waals surface area contributed by atoms with Gasteiger partial charge in [-0.1, -0.05) is 6.92 Å². The Labute approximate surface area is 180 Å². The van der Waals surface area contributed by atoms with Crippen molar-refractivity contribution in [3.63, 3.8) is 0 Å². The van der Waals surface area contributed by atoms with E-state index in [-0.39, 0.29) is 17.9 Å². The topological polar surface area (TPSA) is 79.1 Å². The van der Waals surface area contributed by atoms with Crippen LogP contribution < -0.4 is 5.73 Å². The lowest BCUT2D eigenvalue weighted by atomic mass is 9.88. The van der Waals surface area contributed by atoms with Crippen molar-refractivity contribution in [3.05, 3.63) is 29.3 Å². The largest absolute Gasteiger partial charge is 0.444 e. The van der Waals surface area contributed by atoms with Gasteiger partial charge in [0, 0.05) is 50.5 Å². The van der Waals surface area contributed by atoms with Crippen LogP contribution in [0.5, 0.6) is 0 Å². The summed E-state index contributed by atoms with van der Waals surface area (Å²) in [7, 11) is 0. The van der Waals surface area contributed by atoms with Crippen molar-refractivity contribution < 1.29 is 14.3 Å². The zero-order valence-corrected chi connectivity index (χ0v) is 18.8. The fraction of sp³-hybridized carbons (Fsp3) is 0.652. The summed E-state index contributed by atoms with van der Waals surface area (Å²) < 4.78 is 5.48. The number of rotatable bonds is 3. The number of hydrogen-bond donors (Lipinski definition) is 1. The van der Waals surface area contributed by atoms with Gasteiger partial charge in [-0.15, -0.1) is 0 Å². The lowest BCUT2D eigenvalue weighted by Gasteiger charge is -2.35. The molecule has 30 heavy (non-hydrogen) atoms. The van der Waals surface area contributed by atoms with Crippen LogP contribution >= 0.6 is 0 Å². The summed E-state index contributed by atoms with van der Waals surface area (Å²) in [6.45, 7) is 13.5. The number of benzene rings is 1. The average Bonchev–Trinajstić information content (AvgIpc) is 2.71. The lowest BCUT2D eigenvalue weighted by Crippen LogP contribution is -2.48. The average molecular weight is 417 g/mol. The Morgan fingerprint density at radius 1 is 1.00 bits per heavy atom. The van der Waals surface area contributed by atoms with Gasteiger partial charge in [-0.3, -0.25) is 4.79 Å². The van der Waals surface area contributed by atoms with Crippen LogP contribution in [-0.4, -0.2) is 78.1 Å². The third-order valence-corrected chi connectivity index (χ3v) is 5.95. The van der Waals surface area contributed by atoms with Crippen molar-refractivity contribution in [3.8, 4) is 0 Å². The van der Waals surface area contributed by atoms with Crippen LogP contribution in [-0.2, 0) is 4.74 Å². The highest BCUT2D eigenvalue weighted by molar-refractivity contribution is 5.95. The molecule has 0 aliphatic carbocycles. The second-order valence-corrected chi connectivity index (χ2v) is 9.36. The molecule has 0 bridgehead atoms. The molecule has 0 spiro atoms. The van der Waals surface area contributed by atoms with Crippen molar-refractivity contribution in [2.45, 2.75) is 52.1 Å². The Hall–Kier alpha value is -2.28. The molecule has 0 unspecified atom stereocenters. The number of likely N-dealkylation sites (tertiary alicyclic amines) is 1. The normalized spacial score (nSPS) is 19.1. The van der Waals surface area contributed by atoms with E-state index in [0.29, 0.717) is 24.3 Å². The number of piperazine rings is 1. The van der Waals surface area contributed by atoms with Crippen LogP contribution in [0, 0.1) is 0 Å². The molecule has 7 nitrogen and oxygen atoms in total. The minimum atomic E-state index is -0.486. The highest BCUT2D eigenvalue weighted by Crippen LogP contribution is 2.31. The minimum Gasteiger partial charge on any atom is -0.444 e. The zero-order chi connectivity index (χ0) is 21.9. The fourth-order valence-corrected chi connectivity index (χ4v) is 4.21.